The molecule has 94 valence electrons. The van der Waals surface area contributed by atoms with Crippen molar-refractivity contribution in [2.24, 2.45) is 5.92 Å². The number of furan rings is 1. The highest BCUT2D eigenvalue weighted by molar-refractivity contribution is 7.91. The second-order valence-corrected chi connectivity index (χ2v) is 6.35. The first kappa shape index (κ1) is 12.0. The van der Waals surface area contributed by atoms with Gasteiger partial charge in [-0.2, -0.15) is 0 Å². The van der Waals surface area contributed by atoms with Crippen molar-refractivity contribution in [3.63, 3.8) is 0 Å². The fraction of sp³-hybridized carbons (Fsp3) is 0.500. The summed E-state index contributed by atoms with van der Waals surface area (Å²) in [4.78, 5) is 10.6. The molecule has 2 rings (SSSR count). The Labute approximate surface area is 98.5 Å². The molecule has 0 aliphatic carbocycles. The maximum atomic E-state index is 11.2. The molecule has 1 aromatic heterocycles. The normalized spacial score (nSPS) is 22.5. The minimum Gasteiger partial charge on any atom is -0.475 e. The van der Waals surface area contributed by atoms with Crippen molar-refractivity contribution in [1.29, 1.82) is 0 Å². The molecule has 1 aromatic rings. The van der Waals surface area contributed by atoms with Gasteiger partial charge in [0.2, 0.25) is 5.76 Å². The van der Waals surface area contributed by atoms with E-state index >= 15 is 0 Å². The molecule has 6 nitrogen and oxygen atoms in total. The molecule has 0 spiro atoms. The lowest BCUT2D eigenvalue weighted by Gasteiger charge is -2.07. The first-order valence-corrected chi connectivity index (χ1v) is 7.06. The second kappa shape index (κ2) is 4.40. The van der Waals surface area contributed by atoms with Crippen LogP contribution in [0.15, 0.2) is 16.5 Å². The molecule has 2 heterocycles. The number of sulfone groups is 1. The summed E-state index contributed by atoms with van der Waals surface area (Å²) in [7, 11) is -2.87. The summed E-state index contributed by atoms with van der Waals surface area (Å²) in [6.07, 6.45) is 0.641. The van der Waals surface area contributed by atoms with Crippen molar-refractivity contribution < 1.29 is 22.7 Å². The molecule has 0 amide bonds. The van der Waals surface area contributed by atoms with Crippen LogP contribution in [-0.4, -0.2) is 37.5 Å². The summed E-state index contributed by atoms with van der Waals surface area (Å²) in [5.41, 5.74) is 0. The van der Waals surface area contributed by atoms with Crippen LogP contribution < -0.4 is 5.32 Å². The van der Waals surface area contributed by atoms with Gasteiger partial charge in [0.1, 0.15) is 0 Å². The summed E-state index contributed by atoms with van der Waals surface area (Å²) < 4.78 is 27.4. The first-order chi connectivity index (χ1) is 7.96. The predicted molar refractivity (Wildman–Crippen MR) is 60.9 cm³/mol. The largest absolute Gasteiger partial charge is 0.475 e. The SMILES string of the molecule is O=C(O)c1ccc(NCC2CCS(=O)(=O)C2)o1. The Kier molecular flexibility index (Phi) is 3.10. The number of nitrogens with one attached hydrogen (secondary N) is 1. The van der Waals surface area contributed by atoms with Crippen LogP contribution in [0, 0.1) is 5.92 Å². The summed E-state index contributed by atoms with van der Waals surface area (Å²) in [5, 5.41) is 11.6. The van der Waals surface area contributed by atoms with E-state index < -0.39 is 15.8 Å². The molecule has 1 aliphatic rings. The van der Waals surface area contributed by atoms with Crippen LogP contribution in [0.3, 0.4) is 0 Å². The van der Waals surface area contributed by atoms with Crippen LogP contribution in [0.25, 0.3) is 0 Å². The third-order valence-corrected chi connectivity index (χ3v) is 4.55. The van der Waals surface area contributed by atoms with Crippen molar-refractivity contribution in [3.05, 3.63) is 17.9 Å². The maximum Gasteiger partial charge on any atom is 0.371 e. The standard InChI is InChI=1S/C10H13NO5S/c12-10(13)8-1-2-9(16-8)11-5-7-3-4-17(14,15)6-7/h1-2,7,11H,3-6H2,(H,12,13). The topological polar surface area (TPSA) is 96.6 Å². The Balaban J connectivity index is 1.88. The van der Waals surface area contributed by atoms with Gasteiger partial charge in [0, 0.05) is 12.6 Å². The molecular formula is C10H13NO5S. The van der Waals surface area contributed by atoms with Crippen LogP contribution in [0.2, 0.25) is 0 Å². The van der Waals surface area contributed by atoms with Gasteiger partial charge in [0.05, 0.1) is 11.5 Å². The minimum absolute atomic E-state index is 0.0679. The Morgan fingerprint density at radius 3 is 2.82 bits per heavy atom. The molecule has 1 fully saturated rings. The fourth-order valence-electron chi connectivity index (χ4n) is 1.83. The zero-order valence-electron chi connectivity index (χ0n) is 9.05. The molecule has 1 aliphatic heterocycles. The highest BCUT2D eigenvalue weighted by Crippen LogP contribution is 2.20. The van der Waals surface area contributed by atoms with Crippen LogP contribution >= 0.6 is 0 Å². The molecule has 1 saturated heterocycles. The molecule has 1 unspecified atom stereocenters. The average molecular weight is 259 g/mol. The molecular weight excluding hydrogens is 246 g/mol. The van der Waals surface area contributed by atoms with Crippen LogP contribution in [0.1, 0.15) is 17.0 Å². The summed E-state index contributed by atoms with van der Waals surface area (Å²) in [5.74, 6) is -0.414. The van der Waals surface area contributed by atoms with Crippen LogP contribution in [-0.2, 0) is 9.84 Å². The van der Waals surface area contributed by atoms with Crippen molar-refractivity contribution in [2.45, 2.75) is 6.42 Å². The number of carbonyl (C=O) groups is 1. The van der Waals surface area contributed by atoms with Crippen molar-refractivity contribution in [2.75, 3.05) is 23.4 Å². The number of aromatic carboxylic acids is 1. The van der Waals surface area contributed by atoms with Gasteiger partial charge in [-0.1, -0.05) is 0 Å². The van der Waals surface area contributed by atoms with Gasteiger partial charge in [-0.25, -0.2) is 13.2 Å². The molecule has 2 N–H and O–H groups in total. The van der Waals surface area contributed by atoms with Gasteiger partial charge in [-0.3, -0.25) is 0 Å². The highest BCUT2D eigenvalue weighted by Gasteiger charge is 2.27. The van der Waals surface area contributed by atoms with E-state index in [4.69, 9.17) is 9.52 Å². The number of anilines is 1. The fourth-order valence-corrected chi connectivity index (χ4v) is 3.69. The molecule has 7 heteroatoms. The summed E-state index contributed by atoms with van der Waals surface area (Å²) in [6.45, 7) is 0.478. The number of rotatable bonds is 4. The van der Waals surface area contributed by atoms with Gasteiger partial charge in [0.15, 0.2) is 15.7 Å². The number of carboxylic acid groups (broad SMARTS) is 1. The van der Waals surface area contributed by atoms with E-state index in [1.54, 1.807) is 0 Å². The van der Waals surface area contributed by atoms with Gasteiger partial charge in [0.25, 0.3) is 0 Å². The van der Waals surface area contributed by atoms with E-state index in [2.05, 4.69) is 5.32 Å². The summed E-state index contributed by atoms with van der Waals surface area (Å²) >= 11 is 0. The Hall–Kier alpha value is -1.50. The Morgan fingerprint density at radius 1 is 1.53 bits per heavy atom. The Morgan fingerprint density at radius 2 is 2.29 bits per heavy atom. The number of hydrogen-bond acceptors (Lipinski definition) is 5. The zero-order chi connectivity index (χ0) is 12.5. The van der Waals surface area contributed by atoms with Crippen molar-refractivity contribution in [3.8, 4) is 0 Å². The zero-order valence-corrected chi connectivity index (χ0v) is 9.87. The van der Waals surface area contributed by atoms with Gasteiger partial charge in [-0.15, -0.1) is 0 Å². The Bertz CT molecular complexity index is 519. The van der Waals surface area contributed by atoms with E-state index in [0.717, 1.165) is 0 Å². The molecule has 0 radical (unpaired) electrons. The second-order valence-electron chi connectivity index (χ2n) is 4.12. The van der Waals surface area contributed by atoms with Crippen LogP contribution in [0.4, 0.5) is 5.88 Å². The van der Waals surface area contributed by atoms with Gasteiger partial charge < -0.3 is 14.8 Å². The first-order valence-electron chi connectivity index (χ1n) is 5.24. The summed E-state index contributed by atoms with van der Waals surface area (Å²) in [6, 6.07) is 2.88. The van der Waals surface area contributed by atoms with Crippen molar-refractivity contribution in [1.82, 2.24) is 0 Å². The number of carboxylic acids is 1. The molecule has 0 bridgehead atoms. The molecule has 0 saturated carbocycles. The van der Waals surface area contributed by atoms with E-state index in [9.17, 15) is 13.2 Å². The maximum absolute atomic E-state index is 11.2. The quantitative estimate of drug-likeness (QED) is 0.831. The number of hydrogen-bond donors (Lipinski definition) is 2. The average Bonchev–Trinajstić information content (AvgIpc) is 2.81. The van der Waals surface area contributed by atoms with E-state index in [0.29, 0.717) is 18.8 Å². The van der Waals surface area contributed by atoms with Gasteiger partial charge >= 0.3 is 5.97 Å². The monoisotopic (exact) mass is 259 g/mol. The highest BCUT2D eigenvalue weighted by atomic mass is 32.2. The lowest BCUT2D eigenvalue weighted by atomic mass is 10.1. The van der Waals surface area contributed by atoms with Gasteiger partial charge in [-0.05, 0) is 18.4 Å². The predicted octanol–water partition coefficient (Wildman–Crippen LogP) is 0.824. The smallest absolute Gasteiger partial charge is 0.371 e. The third-order valence-electron chi connectivity index (χ3n) is 2.71. The molecule has 1 atom stereocenters. The third kappa shape index (κ3) is 3.00. The van der Waals surface area contributed by atoms with E-state index in [1.807, 2.05) is 0 Å². The van der Waals surface area contributed by atoms with E-state index in [-0.39, 0.29) is 23.2 Å². The van der Waals surface area contributed by atoms with E-state index in [1.165, 1.54) is 12.1 Å². The van der Waals surface area contributed by atoms with Crippen LogP contribution in [0.5, 0.6) is 0 Å². The lowest BCUT2D eigenvalue weighted by molar-refractivity contribution is 0.0663. The molecule has 17 heavy (non-hydrogen) atoms. The molecule has 0 aromatic carbocycles. The minimum atomic E-state index is -2.87. The van der Waals surface area contributed by atoms with Crippen molar-refractivity contribution >= 4 is 21.7 Å². The lowest BCUT2D eigenvalue weighted by Crippen LogP contribution is -2.15.